The van der Waals surface area contributed by atoms with E-state index in [1.807, 2.05) is 48.0 Å². The minimum Gasteiger partial charge on any atom is -0.344 e. The number of hydrogen-bond acceptors (Lipinski definition) is 2. The number of imidazole rings is 1. The maximum absolute atomic E-state index is 12.7. The fraction of sp³-hybridized carbons (Fsp3) is 0.154. The van der Waals surface area contributed by atoms with Crippen LogP contribution in [0.3, 0.4) is 0 Å². The molecule has 0 atom stereocenters. The number of benzene rings is 3. The minimum atomic E-state index is 0.0995. The third-order valence-corrected chi connectivity index (χ3v) is 5.90. The summed E-state index contributed by atoms with van der Waals surface area (Å²) in [7, 11) is 2.11. The highest BCUT2D eigenvalue weighted by atomic mass is 16.1. The molecule has 0 saturated heterocycles. The molecule has 4 heteroatoms. The monoisotopic (exact) mass is 393 g/mol. The average Bonchev–Trinajstić information content (AvgIpc) is 3.26. The summed E-state index contributed by atoms with van der Waals surface area (Å²) in [4.78, 5) is 17.2. The Morgan fingerprint density at radius 2 is 1.63 bits per heavy atom. The van der Waals surface area contributed by atoms with E-state index >= 15 is 0 Å². The lowest BCUT2D eigenvalue weighted by Crippen LogP contribution is -2.14. The first-order valence-electron chi connectivity index (χ1n) is 10.2. The highest BCUT2D eigenvalue weighted by Crippen LogP contribution is 2.29. The molecule has 4 nitrogen and oxygen atoms in total. The first-order valence-corrected chi connectivity index (χ1v) is 10.2. The quantitative estimate of drug-likeness (QED) is 0.380. The molecule has 0 fully saturated rings. The summed E-state index contributed by atoms with van der Waals surface area (Å²) >= 11 is 0. The van der Waals surface area contributed by atoms with Crippen molar-refractivity contribution >= 4 is 27.6 Å². The van der Waals surface area contributed by atoms with Gasteiger partial charge in [-0.15, -0.1) is 0 Å². The number of rotatable bonds is 5. The van der Waals surface area contributed by atoms with Crippen molar-refractivity contribution in [2.45, 2.75) is 19.9 Å². The highest BCUT2D eigenvalue weighted by Gasteiger charge is 2.14. The van der Waals surface area contributed by atoms with Crippen LogP contribution in [0, 0.1) is 6.92 Å². The molecular formula is C26H23N3O. The maximum atomic E-state index is 12.7. The Hall–Kier alpha value is -3.66. The molecule has 0 aliphatic heterocycles. The van der Waals surface area contributed by atoms with Crippen molar-refractivity contribution in [3.63, 3.8) is 0 Å². The molecule has 5 rings (SSSR count). The van der Waals surface area contributed by atoms with Gasteiger partial charge in [-0.05, 0) is 30.7 Å². The molecule has 148 valence electrons. The molecule has 2 heterocycles. The first kappa shape index (κ1) is 18.4. The molecule has 0 radical (unpaired) electrons. The smallest absolute Gasteiger partial charge is 0.182 e. The summed E-state index contributed by atoms with van der Waals surface area (Å²) in [6, 6.07) is 24.6. The van der Waals surface area contributed by atoms with Gasteiger partial charge in [0.15, 0.2) is 5.78 Å². The second kappa shape index (κ2) is 7.30. The van der Waals surface area contributed by atoms with Crippen LogP contribution in [-0.4, -0.2) is 19.9 Å². The molecule has 0 amide bonds. The van der Waals surface area contributed by atoms with Crippen LogP contribution in [0.1, 0.15) is 27.4 Å². The zero-order chi connectivity index (χ0) is 20.7. The molecule has 0 N–H and O–H groups in total. The molecule has 0 saturated carbocycles. The van der Waals surface area contributed by atoms with Crippen molar-refractivity contribution in [3.05, 3.63) is 102 Å². The van der Waals surface area contributed by atoms with Crippen LogP contribution in [0.25, 0.3) is 21.8 Å². The van der Waals surface area contributed by atoms with E-state index in [9.17, 15) is 4.79 Å². The third kappa shape index (κ3) is 3.11. The molecule has 5 aromatic rings. The molecule has 2 aromatic heterocycles. The summed E-state index contributed by atoms with van der Waals surface area (Å²) in [6.07, 6.45) is 2.63. The van der Waals surface area contributed by atoms with Gasteiger partial charge in [0, 0.05) is 52.7 Å². The Labute approximate surface area is 175 Å². The maximum Gasteiger partial charge on any atom is 0.182 e. The van der Waals surface area contributed by atoms with Crippen molar-refractivity contribution in [3.8, 4) is 0 Å². The van der Waals surface area contributed by atoms with Gasteiger partial charge in [0.25, 0.3) is 0 Å². The zero-order valence-corrected chi connectivity index (χ0v) is 17.2. The van der Waals surface area contributed by atoms with Crippen LogP contribution in [0.15, 0.2) is 79.0 Å². The SMILES string of the molecule is Cc1ncc(Cc2ccc3c(c2)c2ccccc2n3C)n1CC(=O)c1ccccc1. The molecule has 0 unspecified atom stereocenters. The predicted octanol–water partition coefficient (Wildman–Crippen LogP) is 5.31. The standard InChI is InChI=1S/C26H23N3O/c1-18-27-16-21(29(18)17-26(30)20-8-4-3-5-9-20)14-19-12-13-25-23(15-19)22-10-6-7-11-24(22)28(25)2/h3-13,15-16H,14,17H2,1-2H3. The van der Waals surface area contributed by atoms with Crippen molar-refractivity contribution in [1.82, 2.24) is 14.1 Å². The van der Waals surface area contributed by atoms with Crippen LogP contribution in [-0.2, 0) is 20.0 Å². The van der Waals surface area contributed by atoms with Gasteiger partial charge in [0.05, 0.1) is 6.54 Å². The van der Waals surface area contributed by atoms with Gasteiger partial charge in [-0.1, -0.05) is 54.6 Å². The summed E-state index contributed by atoms with van der Waals surface area (Å²) in [6.45, 7) is 2.26. The van der Waals surface area contributed by atoms with E-state index < -0.39 is 0 Å². The van der Waals surface area contributed by atoms with E-state index in [1.165, 1.54) is 27.4 Å². The lowest BCUT2D eigenvalue weighted by atomic mass is 10.1. The van der Waals surface area contributed by atoms with Crippen LogP contribution in [0.2, 0.25) is 0 Å². The second-order valence-electron chi connectivity index (χ2n) is 7.78. The van der Waals surface area contributed by atoms with Gasteiger partial charge in [0.2, 0.25) is 0 Å². The third-order valence-electron chi connectivity index (χ3n) is 5.90. The number of ketones is 1. The van der Waals surface area contributed by atoms with Crippen LogP contribution >= 0.6 is 0 Å². The van der Waals surface area contributed by atoms with E-state index in [2.05, 4.69) is 59.1 Å². The average molecular weight is 393 g/mol. The number of hydrogen-bond donors (Lipinski definition) is 0. The Morgan fingerprint density at radius 1 is 0.900 bits per heavy atom. The van der Waals surface area contributed by atoms with Crippen molar-refractivity contribution in [2.75, 3.05) is 0 Å². The van der Waals surface area contributed by atoms with Crippen LogP contribution in [0.5, 0.6) is 0 Å². The largest absolute Gasteiger partial charge is 0.344 e. The zero-order valence-electron chi connectivity index (χ0n) is 17.2. The number of fused-ring (bicyclic) bond motifs is 3. The Morgan fingerprint density at radius 3 is 2.47 bits per heavy atom. The Balaban J connectivity index is 1.49. The number of aryl methyl sites for hydroxylation is 2. The highest BCUT2D eigenvalue weighted by molar-refractivity contribution is 6.08. The fourth-order valence-corrected chi connectivity index (χ4v) is 4.27. The predicted molar refractivity (Wildman–Crippen MR) is 121 cm³/mol. The lowest BCUT2D eigenvalue weighted by Gasteiger charge is -2.10. The number of aromatic nitrogens is 3. The number of nitrogens with zero attached hydrogens (tertiary/aromatic N) is 3. The molecular weight excluding hydrogens is 370 g/mol. The lowest BCUT2D eigenvalue weighted by molar-refractivity contribution is 0.0970. The Kier molecular flexibility index (Phi) is 4.47. The van der Waals surface area contributed by atoms with Crippen LogP contribution < -0.4 is 0 Å². The number of para-hydroxylation sites is 1. The van der Waals surface area contributed by atoms with Gasteiger partial charge in [-0.2, -0.15) is 0 Å². The fourth-order valence-electron chi connectivity index (χ4n) is 4.27. The van der Waals surface area contributed by atoms with E-state index in [1.54, 1.807) is 0 Å². The van der Waals surface area contributed by atoms with Crippen molar-refractivity contribution < 1.29 is 4.79 Å². The molecule has 0 aliphatic carbocycles. The van der Waals surface area contributed by atoms with E-state index in [4.69, 9.17) is 0 Å². The van der Waals surface area contributed by atoms with Crippen molar-refractivity contribution in [1.29, 1.82) is 0 Å². The summed E-state index contributed by atoms with van der Waals surface area (Å²) < 4.78 is 4.27. The number of carbonyl (C=O) groups excluding carboxylic acids is 1. The normalized spacial score (nSPS) is 11.4. The molecule has 0 spiro atoms. The van der Waals surface area contributed by atoms with Gasteiger partial charge in [0.1, 0.15) is 5.82 Å². The van der Waals surface area contributed by atoms with Crippen molar-refractivity contribution in [2.24, 2.45) is 7.05 Å². The summed E-state index contributed by atoms with van der Waals surface area (Å²) in [5.74, 6) is 0.961. The topological polar surface area (TPSA) is 39.8 Å². The summed E-state index contributed by atoms with van der Waals surface area (Å²) in [5.41, 5.74) is 5.46. The molecule has 30 heavy (non-hydrogen) atoms. The van der Waals surface area contributed by atoms with Gasteiger partial charge in [-0.3, -0.25) is 4.79 Å². The van der Waals surface area contributed by atoms with Crippen LogP contribution in [0.4, 0.5) is 0 Å². The van der Waals surface area contributed by atoms with E-state index in [-0.39, 0.29) is 5.78 Å². The number of Topliss-reactive ketones (excluding diaryl/α,β-unsaturated/α-hetero) is 1. The molecule has 0 bridgehead atoms. The Bertz CT molecular complexity index is 1380. The second-order valence-corrected chi connectivity index (χ2v) is 7.78. The first-order chi connectivity index (χ1) is 14.6. The van der Waals surface area contributed by atoms with Gasteiger partial charge >= 0.3 is 0 Å². The van der Waals surface area contributed by atoms with E-state index in [0.29, 0.717) is 6.54 Å². The molecule has 0 aliphatic rings. The minimum absolute atomic E-state index is 0.0995. The number of carbonyl (C=O) groups is 1. The van der Waals surface area contributed by atoms with Gasteiger partial charge < -0.3 is 9.13 Å². The van der Waals surface area contributed by atoms with Gasteiger partial charge in [-0.25, -0.2) is 4.98 Å². The van der Waals surface area contributed by atoms with E-state index in [0.717, 1.165) is 23.5 Å². The summed E-state index contributed by atoms with van der Waals surface area (Å²) in [5, 5.41) is 2.52. The molecule has 3 aromatic carbocycles.